The topological polar surface area (TPSA) is 35.6 Å². The number of nitrogens with zero attached hydrogens (tertiary/aromatic N) is 2. The monoisotopic (exact) mass is 409 g/mol. The van der Waals surface area contributed by atoms with Gasteiger partial charge in [0.15, 0.2) is 0 Å². The summed E-state index contributed by atoms with van der Waals surface area (Å²) in [5.74, 6) is -0.233. The van der Waals surface area contributed by atoms with E-state index in [4.69, 9.17) is 23.2 Å². The molecule has 2 aromatic carbocycles. The molecule has 3 rings (SSSR count). The summed E-state index contributed by atoms with van der Waals surface area (Å²) in [5.41, 5.74) is 2.06. The second kappa shape index (κ2) is 9.40. The zero-order valence-corrected chi connectivity index (χ0v) is 16.4. The van der Waals surface area contributed by atoms with Gasteiger partial charge in [-0.25, -0.2) is 4.39 Å². The van der Waals surface area contributed by atoms with Gasteiger partial charge in [0.25, 0.3) is 0 Å². The van der Waals surface area contributed by atoms with Crippen molar-refractivity contribution in [2.45, 2.75) is 6.42 Å². The minimum Gasteiger partial charge on any atom is -0.369 e. The van der Waals surface area contributed by atoms with E-state index in [0.717, 1.165) is 37.4 Å². The van der Waals surface area contributed by atoms with Gasteiger partial charge in [-0.1, -0.05) is 35.3 Å². The highest BCUT2D eigenvalue weighted by Crippen LogP contribution is 2.27. The molecule has 0 atom stereocenters. The van der Waals surface area contributed by atoms with Crippen molar-refractivity contribution >= 4 is 34.8 Å². The number of anilines is 1. The smallest absolute Gasteiger partial charge is 0.234 e. The molecule has 0 radical (unpaired) electrons. The summed E-state index contributed by atoms with van der Waals surface area (Å²) in [6.07, 6.45) is 0.692. The van der Waals surface area contributed by atoms with Crippen LogP contribution < -0.4 is 10.2 Å². The van der Waals surface area contributed by atoms with Gasteiger partial charge in [-0.3, -0.25) is 9.69 Å². The Balaban J connectivity index is 1.38. The SMILES string of the molecule is O=C(CN1CCN(c2ccc(Cl)c(Cl)c2)CC1)NCCc1ccc(F)cc1. The van der Waals surface area contributed by atoms with E-state index in [1.165, 1.54) is 12.1 Å². The maximum Gasteiger partial charge on any atom is 0.234 e. The fourth-order valence-electron chi connectivity index (χ4n) is 3.10. The largest absolute Gasteiger partial charge is 0.369 e. The van der Waals surface area contributed by atoms with E-state index in [1.54, 1.807) is 18.2 Å². The molecule has 1 amide bonds. The lowest BCUT2D eigenvalue weighted by Crippen LogP contribution is -2.49. The van der Waals surface area contributed by atoms with Gasteiger partial charge in [0, 0.05) is 38.4 Å². The van der Waals surface area contributed by atoms with Crippen LogP contribution in [-0.2, 0) is 11.2 Å². The Bertz CT molecular complexity index is 777. The van der Waals surface area contributed by atoms with Crippen LogP contribution in [0.1, 0.15) is 5.56 Å². The molecule has 1 N–H and O–H groups in total. The Labute approximate surface area is 168 Å². The van der Waals surface area contributed by atoms with Crippen LogP contribution in [0.25, 0.3) is 0 Å². The van der Waals surface area contributed by atoms with Crippen LogP contribution in [0.3, 0.4) is 0 Å². The highest BCUT2D eigenvalue weighted by molar-refractivity contribution is 6.42. The van der Waals surface area contributed by atoms with Gasteiger partial charge in [0.2, 0.25) is 5.91 Å². The molecule has 144 valence electrons. The molecule has 0 spiro atoms. The Kier molecular flexibility index (Phi) is 6.94. The molecule has 0 aromatic heterocycles. The summed E-state index contributed by atoms with van der Waals surface area (Å²) < 4.78 is 12.9. The number of hydrogen-bond acceptors (Lipinski definition) is 3. The maximum atomic E-state index is 12.9. The van der Waals surface area contributed by atoms with Crippen molar-refractivity contribution in [3.8, 4) is 0 Å². The average molecular weight is 410 g/mol. The molecule has 27 heavy (non-hydrogen) atoms. The molecule has 2 aromatic rings. The number of halogens is 3. The van der Waals surface area contributed by atoms with Gasteiger partial charge in [0.05, 0.1) is 16.6 Å². The first-order valence-corrected chi connectivity index (χ1v) is 9.70. The van der Waals surface area contributed by atoms with Crippen molar-refractivity contribution in [3.63, 3.8) is 0 Å². The van der Waals surface area contributed by atoms with E-state index in [0.29, 0.717) is 29.6 Å². The van der Waals surface area contributed by atoms with Crippen molar-refractivity contribution in [1.29, 1.82) is 0 Å². The van der Waals surface area contributed by atoms with E-state index in [-0.39, 0.29) is 11.7 Å². The molecule has 0 saturated carbocycles. The third kappa shape index (κ3) is 5.83. The van der Waals surface area contributed by atoms with E-state index in [1.807, 2.05) is 12.1 Å². The van der Waals surface area contributed by atoms with Crippen LogP contribution in [0, 0.1) is 5.82 Å². The van der Waals surface area contributed by atoms with Crippen LogP contribution in [0.5, 0.6) is 0 Å². The van der Waals surface area contributed by atoms with Crippen molar-refractivity contribution in [2.75, 3.05) is 44.2 Å². The van der Waals surface area contributed by atoms with Crippen LogP contribution in [0.2, 0.25) is 10.0 Å². The first-order chi connectivity index (χ1) is 13.0. The third-order valence-corrected chi connectivity index (χ3v) is 5.40. The molecule has 4 nitrogen and oxygen atoms in total. The fourth-order valence-corrected chi connectivity index (χ4v) is 3.39. The van der Waals surface area contributed by atoms with Crippen molar-refractivity contribution in [2.24, 2.45) is 0 Å². The number of amides is 1. The molecule has 0 bridgehead atoms. The van der Waals surface area contributed by atoms with Gasteiger partial charge in [-0.2, -0.15) is 0 Å². The predicted octanol–water partition coefficient (Wildman–Crippen LogP) is 3.61. The third-order valence-electron chi connectivity index (χ3n) is 4.66. The number of carbonyl (C=O) groups excluding carboxylic acids is 1. The zero-order valence-electron chi connectivity index (χ0n) is 14.9. The van der Waals surface area contributed by atoms with Gasteiger partial charge < -0.3 is 10.2 Å². The molecular formula is C20H22Cl2FN3O. The standard InChI is InChI=1S/C20H22Cl2FN3O/c21-18-6-5-17(13-19(18)22)26-11-9-25(10-12-26)14-20(27)24-8-7-15-1-3-16(23)4-2-15/h1-6,13H,7-12,14H2,(H,24,27). The Morgan fingerprint density at radius 3 is 2.37 bits per heavy atom. The highest BCUT2D eigenvalue weighted by Gasteiger charge is 2.19. The number of piperazine rings is 1. The van der Waals surface area contributed by atoms with Gasteiger partial charge >= 0.3 is 0 Å². The molecule has 0 aliphatic carbocycles. The van der Waals surface area contributed by atoms with Crippen LogP contribution in [0.4, 0.5) is 10.1 Å². The molecule has 1 aliphatic rings. The fraction of sp³-hybridized carbons (Fsp3) is 0.350. The van der Waals surface area contributed by atoms with Crippen molar-refractivity contribution < 1.29 is 9.18 Å². The normalized spacial score (nSPS) is 15.0. The molecule has 0 unspecified atom stereocenters. The summed E-state index contributed by atoms with van der Waals surface area (Å²) in [7, 11) is 0. The van der Waals surface area contributed by atoms with Crippen LogP contribution in [0.15, 0.2) is 42.5 Å². The van der Waals surface area contributed by atoms with Crippen LogP contribution in [-0.4, -0.2) is 50.1 Å². The quantitative estimate of drug-likeness (QED) is 0.791. The molecular weight excluding hydrogens is 388 g/mol. The first kappa shape index (κ1) is 19.9. The lowest BCUT2D eigenvalue weighted by atomic mass is 10.1. The van der Waals surface area contributed by atoms with E-state index in [2.05, 4.69) is 15.1 Å². The van der Waals surface area contributed by atoms with Gasteiger partial charge in [-0.05, 0) is 42.3 Å². The summed E-state index contributed by atoms with van der Waals surface area (Å²) in [4.78, 5) is 16.5. The second-order valence-corrected chi connectivity index (χ2v) is 7.40. The van der Waals surface area contributed by atoms with Crippen LogP contribution >= 0.6 is 23.2 Å². The van der Waals surface area contributed by atoms with Gasteiger partial charge in [0.1, 0.15) is 5.82 Å². The molecule has 7 heteroatoms. The number of carbonyl (C=O) groups is 1. The number of nitrogens with one attached hydrogen (secondary N) is 1. The second-order valence-electron chi connectivity index (χ2n) is 6.59. The lowest BCUT2D eigenvalue weighted by Gasteiger charge is -2.35. The maximum absolute atomic E-state index is 12.9. The van der Waals surface area contributed by atoms with Gasteiger partial charge in [-0.15, -0.1) is 0 Å². The predicted molar refractivity (Wildman–Crippen MR) is 108 cm³/mol. The summed E-state index contributed by atoms with van der Waals surface area (Å²) >= 11 is 12.1. The first-order valence-electron chi connectivity index (χ1n) is 8.95. The van der Waals surface area contributed by atoms with E-state index in [9.17, 15) is 9.18 Å². The van der Waals surface area contributed by atoms with E-state index < -0.39 is 0 Å². The van der Waals surface area contributed by atoms with E-state index >= 15 is 0 Å². The average Bonchev–Trinajstić information content (AvgIpc) is 2.66. The number of benzene rings is 2. The van der Waals surface area contributed by atoms with Crippen molar-refractivity contribution in [3.05, 3.63) is 63.9 Å². The molecule has 1 saturated heterocycles. The Hall–Kier alpha value is -1.82. The summed E-state index contributed by atoms with van der Waals surface area (Å²) in [5, 5.41) is 4.03. The molecule has 1 heterocycles. The number of rotatable bonds is 6. The highest BCUT2D eigenvalue weighted by atomic mass is 35.5. The Morgan fingerprint density at radius 1 is 1.00 bits per heavy atom. The minimum atomic E-state index is -0.247. The van der Waals surface area contributed by atoms with Crippen molar-refractivity contribution in [1.82, 2.24) is 10.2 Å². The lowest BCUT2D eigenvalue weighted by molar-refractivity contribution is -0.122. The summed E-state index contributed by atoms with van der Waals surface area (Å²) in [6, 6.07) is 12.0. The number of hydrogen-bond donors (Lipinski definition) is 1. The molecule has 1 fully saturated rings. The molecule has 1 aliphatic heterocycles. The Morgan fingerprint density at radius 2 is 1.70 bits per heavy atom. The summed E-state index contributed by atoms with van der Waals surface area (Å²) in [6.45, 7) is 4.23. The minimum absolute atomic E-state index is 0.0140. The zero-order chi connectivity index (χ0) is 19.2.